The molecular formula is C25H24N4O5S. The number of carbonyl (C=O) groups excluding carboxylic acids is 2. The number of thiazole rings is 1. The second kappa shape index (κ2) is 9.85. The van der Waals surface area contributed by atoms with Crippen molar-refractivity contribution in [2.75, 3.05) is 44.6 Å². The highest BCUT2D eigenvalue weighted by Gasteiger charge is 2.29. The Labute approximate surface area is 206 Å². The summed E-state index contributed by atoms with van der Waals surface area (Å²) in [5, 5.41) is 13.4. The topological polar surface area (TPSA) is 112 Å². The molecule has 3 aromatic rings. The van der Waals surface area contributed by atoms with Crippen LogP contribution in [0.15, 0.2) is 53.9 Å². The molecule has 0 spiro atoms. The van der Waals surface area contributed by atoms with Gasteiger partial charge in [0.05, 0.1) is 6.54 Å². The van der Waals surface area contributed by atoms with Crippen LogP contribution in [0.5, 0.6) is 0 Å². The van der Waals surface area contributed by atoms with Crippen molar-refractivity contribution in [1.82, 2.24) is 14.8 Å². The van der Waals surface area contributed by atoms with Gasteiger partial charge in [0.15, 0.2) is 5.13 Å². The number of carboxylic acids is 1. The SMILES string of the molecule is O=C(O)CN1CCN(C(=O)c2csc(NC(=O)OCC3c4ccccc4-c4ccccc43)n2)CC1. The number of carbonyl (C=O) groups is 3. The lowest BCUT2D eigenvalue weighted by molar-refractivity contribution is -0.138. The van der Waals surface area contributed by atoms with E-state index in [9.17, 15) is 14.4 Å². The molecule has 0 atom stereocenters. The van der Waals surface area contributed by atoms with Gasteiger partial charge in [-0.15, -0.1) is 11.3 Å². The van der Waals surface area contributed by atoms with E-state index >= 15 is 0 Å². The van der Waals surface area contributed by atoms with E-state index in [0.29, 0.717) is 26.2 Å². The molecule has 1 aliphatic heterocycles. The molecule has 1 saturated heterocycles. The van der Waals surface area contributed by atoms with Crippen molar-refractivity contribution < 1.29 is 24.2 Å². The van der Waals surface area contributed by atoms with Crippen molar-refractivity contribution in [2.24, 2.45) is 0 Å². The molecule has 0 bridgehead atoms. The van der Waals surface area contributed by atoms with E-state index < -0.39 is 12.1 Å². The monoisotopic (exact) mass is 492 g/mol. The first-order valence-corrected chi connectivity index (χ1v) is 12.2. The van der Waals surface area contributed by atoms with Crippen molar-refractivity contribution in [2.45, 2.75) is 5.92 Å². The molecule has 2 aromatic carbocycles. The fourth-order valence-electron chi connectivity index (χ4n) is 4.61. The van der Waals surface area contributed by atoms with Crippen LogP contribution in [-0.4, -0.2) is 77.2 Å². The van der Waals surface area contributed by atoms with Crippen LogP contribution >= 0.6 is 11.3 Å². The van der Waals surface area contributed by atoms with Crippen molar-refractivity contribution in [1.29, 1.82) is 0 Å². The van der Waals surface area contributed by atoms with Crippen LogP contribution in [0.1, 0.15) is 27.5 Å². The maximum absolute atomic E-state index is 12.8. The number of benzene rings is 2. The van der Waals surface area contributed by atoms with Gasteiger partial charge >= 0.3 is 12.1 Å². The smallest absolute Gasteiger partial charge is 0.413 e. The second-order valence-electron chi connectivity index (χ2n) is 8.45. The first-order valence-electron chi connectivity index (χ1n) is 11.3. The molecular weight excluding hydrogens is 468 g/mol. The number of rotatable bonds is 6. The van der Waals surface area contributed by atoms with Crippen LogP contribution in [0.4, 0.5) is 9.93 Å². The Balaban J connectivity index is 1.16. The number of hydrogen-bond acceptors (Lipinski definition) is 7. The van der Waals surface area contributed by atoms with Gasteiger partial charge < -0.3 is 14.7 Å². The Morgan fingerprint density at radius 2 is 1.63 bits per heavy atom. The average molecular weight is 493 g/mol. The Kier molecular flexibility index (Phi) is 6.47. The lowest BCUT2D eigenvalue weighted by atomic mass is 9.98. The molecule has 0 radical (unpaired) electrons. The van der Waals surface area contributed by atoms with Crippen LogP contribution in [0, 0.1) is 0 Å². The Morgan fingerprint density at radius 1 is 1.00 bits per heavy atom. The third-order valence-corrected chi connectivity index (χ3v) is 7.05. The quantitative estimate of drug-likeness (QED) is 0.543. The van der Waals surface area contributed by atoms with Crippen LogP contribution < -0.4 is 5.32 Å². The molecule has 35 heavy (non-hydrogen) atoms. The van der Waals surface area contributed by atoms with E-state index in [1.807, 2.05) is 24.3 Å². The van der Waals surface area contributed by atoms with Gasteiger partial charge in [-0.05, 0) is 22.3 Å². The molecule has 1 aliphatic carbocycles. The zero-order valence-electron chi connectivity index (χ0n) is 18.8. The zero-order chi connectivity index (χ0) is 24.4. The maximum Gasteiger partial charge on any atom is 0.413 e. The third-order valence-electron chi connectivity index (χ3n) is 6.29. The summed E-state index contributed by atoms with van der Waals surface area (Å²) in [5.41, 5.74) is 4.82. The summed E-state index contributed by atoms with van der Waals surface area (Å²) in [6, 6.07) is 16.2. The predicted molar refractivity (Wildman–Crippen MR) is 131 cm³/mol. The van der Waals surface area contributed by atoms with E-state index in [4.69, 9.17) is 9.84 Å². The van der Waals surface area contributed by atoms with Crippen molar-refractivity contribution in [3.05, 3.63) is 70.7 Å². The van der Waals surface area contributed by atoms with Gasteiger partial charge in [0, 0.05) is 37.5 Å². The van der Waals surface area contributed by atoms with Gasteiger partial charge in [0.2, 0.25) is 0 Å². The molecule has 0 unspecified atom stereocenters. The molecule has 2 heterocycles. The highest BCUT2D eigenvalue weighted by molar-refractivity contribution is 7.14. The summed E-state index contributed by atoms with van der Waals surface area (Å²) < 4.78 is 5.54. The van der Waals surface area contributed by atoms with E-state index in [-0.39, 0.29) is 35.8 Å². The van der Waals surface area contributed by atoms with Crippen LogP contribution in [-0.2, 0) is 9.53 Å². The Morgan fingerprint density at radius 3 is 2.26 bits per heavy atom. The van der Waals surface area contributed by atoms with Gasteiger partial charge in [0.25, 0.3) is 5.91 Å². The molecule has 9 nitrogen and oxygen atoms in total. The van der Waals surface area contributed by atoms with Gasteiger partial charge in [-0.25, -0.2) is 9.78 Å². The average Bonchev–Trinajstić information content (AvgIpc) is 3.45. The number of nitrogens with zero attached hydrogens (tertiary/aromatic N) is 3. The third kappa shape index (κ3) is 4.89. The Bertz CT molecular complexity index is 1220. The fourth-order valence-corrected chi connectivity index (χ4v) is 5.28. The van der Waals surface area contributed by atoms with Crippen LogP contribution in [0.2, 0.25) is 0 Å². The van der Waals surface area contributed by atoms with Crippen molar-refractivity contribution in [3.8, 4) is 11.1 Å². The van der Waals surface area contributed by atoms with Gasteiger partial charge in [-0.1, -0.05) is 48.5 Å². The van der Waals surface area contributed by atoms with Crippen molar-refractivity contribution >= 4 is 34.4 Å². The molecule has 10 heteroatoms. The molecule has 2 amide bonds. The largest absolute Gasteiger partial charge is 0.480 e. The summed E-state index contributed by atoms with van der Waals surface area (Å²) in [5.74, 6) is -1.16. The lowest BCUT2D eigenvalue weighted by Gasteiger charge is -2.33. The summed E-state index contributed by atoms with van der Waals surface area (Å²) in [7, 11) is 0. The first kappa shape index (κ1) is 23.0. The number of aliphatic carboxylic acids is 1. The van der Waals surface area contributed by atoms with Crippen LogP contribution in [0.25, 0.3) is 11.1 Å². The number of hydrogen-bond donors (Lipinski definition) is 2. The highest BCUT2D eigenvalue weighted by Crippen LogP contribution is 2.44. The second-order valence-corrected chi connectivity index (χ2v) is 9.31. The minimum Gasteiger partial charge on any atom is -0.480 e. The number of ether oxygens (including phenoxy) is 1. The molecule has 1 fully saturated rings. The molecule has 180 valence electrons. The molecule has 0 saturated carbocycles. The van der Waals surface area contributed by atoms with Gasteiger partial charge in [-0.3, -0.25) is 19.8 Å². The Hall–Kier alpha value is -3.76. The minimum atomic E-state index is -0.881. The summed E-state index contributed by atoms with van der Waals surface area (Å²) in [6.07, 6.45) is -0.623. The van der Waals surface area contributed by atoms with E-state index in [2.05, 4.69) is 34.6 Å². The number of piperazine rings is 1. The van der Waals surface area contributed by atoms with Crippen molar-refractivity contribution in [3.63, 3.8) is 0 Å². The number of nitrogens with one attached hydrogen (secondary N) is 1. The first-order chi connectivity index (χ1) is 17.0. The van der Waals surface area contributed by atoms with Gasteiger partial charge in [-0.2, -0.15) is 0 Å². The number of anilines is 1. The summed E-state index contributed by atoms with van der Waals surface area (Å²) >= 11 is 1.16. The van der Waals surface area contributed by atoms with E-state index in [0.717, 1.165) is 33.6 Å². The normalized spacial score (nSPS) is 15.4. The predicted octanol–water partition coefficient (Wildman–Crippen LogP) is 3.35. The van der Waals surface area contributed by atoms with E-state index in [1.165, 1.54) is 0 Å². The fraction of sp³-hybridized carbons (Fsp3) is 0.280. The maximum atomic E-state index is 12.8. The highest BCUT2D eigenvalue weighted by atomic mass is 32.1. The lowest BCUT2D eigenvalue weighted by Crippen LogP contribution is -2.49. The number of carboxylic acid groups (broad SMARTS) is 1. The summed E-state index contributed by atoms with van der Waals surface area (Å²) in [6.45, 7) is 2.00. The molecule has 2 aliphatic rings. The number of aromatic nitrogens is 1. The van der Waals surface area contributed by atoms with E-state index in [1.54, 1.807) is 15.2 Å². The number of amides is 2. The number of fused-ring (bicyclic) bond motifs is 3. The van der Waals surface area contributed by atoms with Crippen LogP contribution in [0.3, 0.4) is 0 Å². The summed E-state index contributed by atoms with van der Waals surface area (Å²) in [4.78, 5) is 43.8. The zero-order valence-corrected chi connectivity index (χ0v) is 19.7. The standard InChI is InChI=1S/C25H24N4O5S/c30-22(31)13-28-9-11-29(12-10-28)23(32)21-15-35-24(26-21)27-25(33)34-14-20-18-7-3-1-5-16(18)17-6-2-4-8-19(17)20/h1-8,15,20H,9-14H2,(H,30,31)(H,26,27,33). The molecule has 2 N–H and O–H groups in total. The van der Waals surface area contributed by atoms with Gasteiger partial charge in [0.1, 0.15) is 12.3 Å². The molecule has 1 aromatic heterocycles. The minimum absolute atomic E-state index is 0.0348. The molecule has 5 rings (SSSR count).